The highest BCUT2D eigenvalue weighted by molar-refractivity contribution is 5.40. The van der Waals surface area contributed by atoms with E-state index in [9.17, 15) is 32.2 Å². The van der Waals surface area contributed by atoms with Crippen LogP contribution in [0.1, 0.15) is 25.8 Å². The van der Waals surface area contributed by atoms with Crippen molar-refractivity contribution in [2.75, 3.05) is 0 Å². The number of phenols is 1. The second-order valence-electron chi connectivity index (χ2n) is 5.35. The van der Waals surface area contributed by atoms with Gasteiger partial charge in [0.1, 0.15) is 5.75 Å². The standard InChI is InChI=1S/C13H14F5O2/c1-11(2,6-12(3,20)13(16,17)18)9-8(19)5-4-7(14)10(9)15/h4-5,19-20H,3,6H2,1-2H3. The number of aliphatic hydroxyl groups is 1. The average Bonchev–Trinajstić information content (AvgIpc) is 2.20. The zero-order valence-corrected chi connectivity index (χ0v) is 10.9. The Hall–Kier alpha value is -1.37. The Morgan fingerprint density at radius 3 is 2.10 bits per heavy atom. The summed E-state index contributed by atoms with van der Waals surface area (Å²) < 4.78 is 64.7. The summed E-state index contributed by atoms with van der Waals surface area (Å²) in [7, 11) is 0. The minimum Gasteiger partial charge on any atom is -0.508 e. The number of hydrogen-bond acceptors (Lipinski definition) is 2. The van der Waals surface area contributed by atoms with E-state index in [4.69, 9.17) is 0 Å². The van der Waals surface area contributed by atoms with E-state index < -0.39 is 46.6 Å². The van der Waals surface area contributed by atoms with Crippen molar-refractivity contribution in [1.82, 2.24) is 0 Å². The summed E-state index contributed by atoms with van der Waals surface area (Å²) in [4.78, 5) is 0. The lowest BCUT2D eigenvalue weighted by atomic mass is 9.75. The molecule has 1 aromatic rings. The van der Waals surface area contributed by atoms with Crippen LogP contribution in [0.25, 0.3) is 0 Å². The van der Waals surface area contributed by atoms with E-state index in [1.807, 2.05) is 0 Å². The van der Waals surface area contributed by atoms with Crippen LogP contribution in [0.2, 0.25) is 0 Å². The molecule has 1 unspecified atom stereocenters. The largest absolute Gasteiger partial charge is 0.508 e. The van der Waals surface area contributed by atoms with Gasteiger partial charge in [0.2, 0.25) is 0 Å². The lowest BCUT2D eigenvalue weighted by Gasteiger charge is -2.35. The molecule has 0 fully saturated rings. The number of aromatic hydroxyl groups is 1. The first kappa shape index (κ1) is 16.7. The molecule has 0 aromatic heterocycles. The molecule has 1 radical (unpaired) electrons. The van der Waals surface area contributed by atoms with Crippen molar-refractivity contribution >= 4 is 0 Å². The molecular formula is C13H14F5O2. The Morgan fingerprint density at radius 2 is 1.65 bits per heavy atom. The Bertz CT molecular complexity index is 506. The maximum absolute atomic E-state index is 13.7. The van der Waals surface area contributed by atoms with Gasteiger partial charge in [0.25, 0.3) is 0 Å². The van der Waals surface area contributed by atoms with Crippen molar-refractivity contribution < 1.29 is 32.2 Å². The van der Waals surface area contributed by atoms with Gasteiger partial charge in [-0.15, -0.1) is 0 Å². The minimum absolute atomic E-state index is 0.635. The highest BCUT2D eigenvalue weighted by Gasteiger charge is 2.53. The van der Waals surface area contributed by atoms with Gasteiger partial charge in [0.15, 0.2) is 17.2 Å². The molecule has 7 heteroatoms. The number of phenolic OH excluding ortho intramolecular Hbond substituents is 1. The third kappa shape index (κ3) is 3.03. The fourth-order valence-corrected chi connectivity index (χ4v) is 2.10. The molecule has 0 amide bonds. The molecule has 1 rings (SSSR count). The normalized spacial score (nSPS) is 16.1. The summed E-state index contributed by atoms with van der Waals surface area (Å²) in [6.07, 6.45) is -6.08. The minimum atomic E-state index is -5.04. The Balaban J connectivity index is 3.29. The molecule has 0 aliphatic rings. The Morgan fingerprint density at radius 1 is 1.15 bits per heavy atom. The van der Waals surface area contributed by atoms with E-state index in [0.717, 1.165) is 19.9 Å². The summed E-state index contributed by atoms with van der Waals surface area (Å²) in [5.41, 5.74) is -5.67. The van der Waals surface area contributed by atoms with E-state index in [-0.39, 0.29) is 0 Å². The molecule has 0 saturated heterocycles. The molecule has 0 spiro atoms. The Kier molecular flexibility index (Phi) is 4.07. The third-order valence-corrected chi connectivity index (χ3v) is 3.01. The molecule has 1 aromatic carbocycles. The predicted molar refractivity (Wildman–Crippen MR) is 62.0 cm³/mol. The molecule has 2 N–H and O–H groups in total. The fraction of sp³-hybridized carbons (Fsp3) is 0.462. The van der Waals surface area contributed by atoms with Gasteiger partial charge < -0.3 is 10.2 Å². The van der Waals surface area contributed by atoms with Gasteiger partial charge in [-0.1, -0.05) is 13.8 Å². The van der Waals surface area contributed by atoms with Crippen LogP contribution in [-0.4, -0.2) is 22.0 Å². The van der Waals surface area contributed by atoms with Crippen molar-refractivity contribution in [1.29, 1.82) is 0 Å². The lowest BCUT2D eigenvalue weighted by molar-refractivity contribution is -0.247. The van der Waals surface area contributed by atoms with Crippen LogP contribution in [0.5, 0.6) is 5.75 Å². The van der Waals surface area contributed by atoms with Gasteiger partial charge in [-0.05, 0) is 30.9 Å². The molecule has 0 aliphatic heterocycles. The quantitative estimate of drug-likeness (QED) is 0.839. The summed E-state index contributed by atoms with van der Waals surface area (Å²) in [6.45, 7) is 4.96. The first-order valence-electron chi connectivity index (χ1n) is 5.61. The molecule has 2 nitrogen and oxygen atoms in total. The van der Waals surface area contributed by atoms with Crippen LogP contribution < -0.4 is 0 Å². The molecule has 20 heavy (non-hydrogen) atoms. The molecule has 0 bridgehead atoms. The highest BCUT2D eigenvalue weighted by atomic mass is 19.4. The molecular weight excluding hydrogens is 283 g/mol. The average molecular weight is 297 g/mol. The molecule has 113 valence electrons. The van der Waals surface area contributed by atoms with Crippen molar-refractivity contribution in [3.63, 3.8) is 0 Å². The van der Waals surface area contributed by atoms with Crippen LogP contribution in [0, 0.1) is 18.6 Å². The van der Waals surface area contributed by atoms with Crippen molar-refractivity contribution in [2.45, 2.75) is 37.5 Å². The van der Waals surface area contributed by atoms with Gasteiger partial charge in [-0.2, -0.15) is 13.2 Å². The predicted octanol–water partition coefficient (Wildman–Crippen LogP) is 3.47. The summed E-state index contributed by atoms with van der Waals surface area (Å²) in [5, 5.41) is 18.9. The Labute approximate surface area is 112 Å². The van der Waals surface area contributed by atoms with Crippen molar-refractivity contribution in [2.24, 2.45) is 0 Å². The van der Waals surface area contributed by atoms with Gasteiger partial charge in [0, 0.05) is 5.56 Å². The SMILES string of the molecule is [CH2]C(O)(CC(C)(C)c1c(O)ccc(F)c1F)C(F)(F)F. The van der Waals surface area contributed by atoms with Crippen molar-refractivity contribution in [3.8, 4) is 5.75 Å². The number of rotatable bonds is 3. The van der Waals surface area contributed by atoms with E-state index in [1.54, 1.807) is 0 Å². The number of benzene rings is 1. The highest BCUT2D eigenvalue weighted by Crippen LogP contribution is 2.43. The maximum Gasteiger partial charge on any atom is 0.417 e. The van der Waals surface area contributed by atoms with E-state index in [0.29, 0.717) is 6.07 Å². The third-order valence-electron chi connectivity index (χ3n) is 3.01. The summed E-state index contributed by atoms with van der Waals surface area (Å²) in [5.74, 6) is -3.44. The first-order chi connectivity index (χ1) is 8.79. The summed E-state index contributed by atoms with van der Waals surface area (Å²) >= 11 is 0. The number of hydrogen-bond donors (Lipinski definition) is 2. The van der Waals surface area contributed by atoms with Crippen LogP contribution >= 0.6 is 0 Å². The van der Waals surface area contributed by atoms with Crippen LogP contribution in [-0.2, 0) is 5.41 Å². The summed E-state index contributed by atoms with van der Waals surface area (Å²) in [6, 6.07) is 1.50. The second kappa shape index (κ2) is 4.87. The zero-order valence-electron chi connectivity index (χ0n) is 10.9. The molecule has 1 atom stereocenters. The lowest BCUT2D eigenvalue weighted by Crippen LogP contribution is -2.47. The van der Waals surface area contributed by atoms with Crippen molar-refractivity contribution in [3.05, 3.63) is 36.3 Å². The second-order valence-corrected chi connectivity index (χ2v) is 5.35. The molecule has 0 aliphatic carbocycles. The van der Waals surface area contributed by atoms with Crippen LogP contribution in [0.15, 0.2) is 12.1 Å². The smallest absolute Gasteiger partial charge is 0.417 e. The van der Waals surface area contributed by atoms with Gasteiger partial charge >= 0.3 is 6.18 Å². The van der Waals surface area contributed by atoms with Crippen LogP contribution in [0.4, 0.5) is 22.0 Å². The number of halogens is 5. The van der Waals surface area contributed by atoms with E-state index >= 15 is 0 Å². The van der Waals surface area contributed by atoms with E-state index in [1.165, 1.54) is 0 Å². The maximum atomic E-state index is 13.7. The molecule has 0 heterocycles. The monoisotopic (exact) mass is 297 g/mol. The first-order valence-corrected chi connectivity index (χ1v) is 5.61. The van der Waals surface area contributed by atoms with E-state index in [2.05, 4.69) is 6.92 Å². The number of alkyl halides is 3. The topological polar surface area (TPSA) is 40.5 Å². The zero-order chi connectivity index (χ0) is 15.9. The van der Waals surface area contributed by atoms with Crippen LogP contribution in [0.3, 0.4) is 0 Å². The van der Waals surface area contributed by atoms with Gasteiger partial charge in [-0.3, -0.25) is 0 Å². The molecule has 0 saturated carbocycles. The van der Waals surface area contributed by atoms with Gasteiger partial charge in [-0.25, -0.2) is 8.78 Å². The fourth-order valence-electron chi connectivity index (χ4n) is 2.10. The van der Waals surface area contributed by atoms with Gasteiger partial charge in [0.05, 0.1) is 0 Å².